The van der Waals surface area contributed by atoms with E-state index in [1.807, 2.05) is 60.7 Å². The normalized spacial score (nSPS) is 10.6. The highest BCUT2D eigenvalue weighted by molar-refractivity contribution is 5.84. The smallest absolute Gasteiger partial charge is 0.269 e. The Bertz CT molecular complexity index is 1100. The molecule has 0 aliphatic rings. The van der Waals surface area contributed by atoms with Crippen molar-refractivity contribution in [2.24, 2.45) is 0 Å². The van der Waals surface area contributed by atoms with Crippen LogP contribution in [0.15, 0.2) is 89.3 Å². The van der Waals surface area contributed by atoms with Crippen LogP contribution in [0.25, 0.3) is 33.8 Å². The Hall–Kier alpha value is -3.86. The van der Waals surface area contributed by atoms with Crippen LogP contribution in [-0.2, 0) is 0 Å². The minimum atomic E-state index is -0.413. The maximum absolute atomic E-state index is 10.9. The summed E-state index contributed by atoms with van der Waals surface area (Å²) in [4.78, 5) is 10.5. The van der Waals surface area contributed by atoms with Crippen molar-refractivity contribution in [3.63, 3.8) is 0 Å². The molecule has 0 amide bonds. The topological polar surface area (TPSA) is 65.5 Å². The van der Waals surface area contributed by atoms with Gasteiger partial charge in [-0.3, -0.25) is 10.1 Å². The number of nitrogens with zero attached hydrogens (tertiary/aromatic N) is 1. The molecular weight excluding hydrogens is 354 g/mol. The summed E-state index contributed by atoms with van der Waals surface area (Å²) < 4.78 is 11.4. The standard InChI is InChI=1S/C23H17NO4/c1-27-20-13-9-16(10-14-20)21-15-22(17-7-11-19(12-8-17)24(25)26)28-23(21)18-5-3-2-4-6-18/h2-15H,1H3. The van der Waals surface area contributed by atoms with Crippen LogP contribution >= 0.6 is 0 Å². The summed E-state index contributed by atoms with van der Waals surface area (Å²) in [7, 11) is 1.63. The molecule has 0 unspecified atom stereocenters. The molecule has 0 saturated heterocycles. The van der Waals surface area contributed by atoms with Gasteiger partial charge in [-0.05, 0) is 35.9 Å². The average molecular weight is 371 g/mol. The quantitative estimate of drug-likeness (QED) is 0.309. The van der Waals surface area contributed by atoms with Crippen LogP contribution in [0.3, 0.4) is 0 Å². The first kappa shape index (κ1) is 17.5. The Kier molecular flexibility index (Phi) is 4.64. The van der Waals surface area contributed by atoms with Gasteiger partial charge in [0, 0.05) is 28.8 Å². The van der Waals surface area contributed by atoms with Crippen LogP contribution in [0.2, 0.25) is 0 Å². The van der Waals surface area contributed by atoms with E-state index in [0.29, 0.717) is 5.76 Å². The molecule has 1 aromatic heterocycles. The highest BCUT2D eigenvalue weighted by Gasteiger charge is 2.17. The number of methoxy groups -OCH3 is 1. The number of benzene rings is 3. The molecule has 4 aromatic rings. The highest BCUT2D eigenvalue weighted by Crippen LogP contribution is 2.39. The molecule has 5 heteroatoms. The molecule has 1 heterocycles. The van der Waals surface area contributed by atoms with E-state index in [2.05, 4.69) is 0 Å². The molecule has 0 aliphatic heterocycles. The lowest BCUT2D eigenvalue weighted by molar-refractivity contribution is -0.384. The SMILES string of the molecule is COc1ccc(-c2cc(-c3ccc([N+](=O)[O-])cc3)oc2-c2ccccc2)cc1. The molecule has 0 aliphatic carbocycles. The summed E-state index contributed by atoms with van der Waals surface area (Å²) >= 11 is 0. The fraction of sp³-hybridized carbons (Fsp3) is 0.0435. The van der Waals surface area contributed by atoms with Gasteiger partial charge in [-0.25, -0.2) is 0 Å². The molecule has 0 bridgehead atoms. The fourth-order valence-electron chi connectivity index (χ4n) is 3.07. The van der Waals surface area contributed by atoms with E-state index in [9.17, 15) is 10.1 Å². The van der Waals surface area contributed by atoms with Gasteiger partial charge in [0.15, 0.2) is 0 Å². The van der Waals surface area contributed by atoms with Crippen molar-refractivity contribution in [1.82, 2.24) is 0 Å². The number of ether oxygens (including phenoxy) is 1. The summed E-state index contributed by atoms with van der Waals surface area (Å²) in [5, 5.41) is 10.9. The first-order chi connectivity index (χ1) is 13.7. The van der Waals surface area contributed by atoms with E-state index in [0.717, 1.165) is 33.8 Å². The zero-order valence-corrected chi connectivity index (χ0v) is 15.2. The summed E-state index contributed by atoms with van der Waals surface area (Å²) in [5.41, 5.74) is 3.73. The molecule has 0 radical (unpaired) electrons. The largest absolute Gasteiger partial charge is 0.497 e. The zero-order chi connectivity index (χ0) is 19.5. The van der Waals surface area contributed by atoms with Crippen molar-refractivity contribution in [2.45, 2.75) is 0 Å². The summed E-state index contributed by atoms with van der Waals surface area (Å²) in [6.07, 6.45) is 0. The third-order valence-corrected chi connectivity index (χ3v) is 4.53. The monoisotopic (exact) mass is 371 g/mol. The maximum atomic E-state index is 10.9. The van der Waals surface area contributed by atoms with Gasteiger partial charge in [-0.1, -0.05) is 42.5 Å². The van der Waals surface area contributed by atoms with Crippen molar-refractivity contribution < 1.29 is 14.1 Å². The van der Waals surface area contributed by atoms with Gasteiger partial charge in [0.05, 0.1) is 12.0 Å². The lowest BCUT2D eigenvalue weighted by Crippen LogP contribution is -1.86. The minimum absolute atomic E-state index is 0.0500. The van der Waals surface area contributed by atoms with Gasteiger partial charge in [-0.15, -0.1) is 0 Å². The number of nitro groups is 1. The number of furan rings is 1. The number of rotatable bonds is 5. The van der Waals surface area contributed by atoms with E-state index < -0.39 is 4.92 Å². The van der Waals surface area contributed by atoms with Crippen LogP contribution < -0.4 is 4.74 Å². The fourth-order valence-corrected chi connectivity index (χ4v) is 3.07. The second kappa shape index (κ2) is 7.40. The van der Waals surface area contributed by atoms with E-state index in [1.165, 1.54) is 12.1 Å². The van der Waals surface area contributed by atoms with Crippen LogP contribution in [-0.4, -0.2) is 12.0 Å². The molecule has 28 heavy (non-hydrogen) atoms. The van der Waals surface area contributed by atoms with Crippen LogP contribution in [0.1, 0.15) is 0 Å². The maximum Gasteiger partial charge on any atom is 0.269 e. The minimum Gasteiger partial charge on any atom is -0.497 e. The Labute approximate surface area is 162 Å². The second-order valence-electron chi connectivity index (χ2n) is 6.25. The van der Waals surface area contributed by atoms with Crippen molar-refractivity contribution in [3.8, 4) is 39.5 Å². The van der Waals surface area contributed by atoms with E-state index in [4.69, 9.17) is 9.15 Å². The number of non-ortho nitro benzene ring substituents is 1. The van der Waals surface area contributed by atoms with Crippen molar-refractivity contribution in [2.75, 3.05) is 7.11 Å². The van der Waals surface area contributed by atoms with Crippen molar-refractivity contribution in [1.29, 1.82) is 0 Å². The first-order valence-corrected chi connectivity index (χ1v) is 8.74. The Morgan fingerprint density at radius 1 is 0.821 bits per heavy atom. The Morgan fingerprint density at radius 2 is 1.46 bits per heavy atom. The predicted molar refractivity (Wildman–Crippen MR) is 108 cm³/mol. The molecule has 0 atom stereocenters. The number of nitro benzene ring substituents is 1. The van der Waals surface area contributed by atoms with Gasteiger partial charge < -0.3 is 9.15 Å². The molecule has 0 fully saturated rings. The van der Waals surface area contributed by atoms with Gasteiger partial charge in [0.2, 0.25) is 0 Å². The third kappa shape index (κ3) is 3.38. The van der Waals surface area contributed by atoms with Crippen LogP contribution in [0, 0.1) is 10.1 Å². The van der Waals surface area contributed by atoms with E-state index in [1.54, 1.807) is 19.2 Å². The average Bonchev–Trinajstić information content (AvgIpc) is 3.20. The molecule has 138 valence electrons. The second-order valence-corrected chi connectivity index (χ2v) is 6.25. The third-order valence-electron chi connectivity index (χ3n) is 4.53. The van der Waals surface area contributed by atoms with Crippen molar-refractivity contribution in [3.05, 3.63) is 95.0 Å². The summed E-state index contributed by atoms with van der Waals surface area (Å²) in [6, 6.07) is 25.9. The highest BCUT2D eigenvalue weighted by atomic mass is 16.6. The molecule has 4 rings (SSSR count). The van der Waals surface area contributed by atoms with E-state index >= 15 is 0 Å². The molecule has 3 aromatic carbocycles. The van der Waals surface area contributed by atoms with Gasteiger partial charge in [0.25, 0.3) is 5.69 Å². The Morgan fingerprint density at radius 3 is 2.07 bits per heavy atom. The summed E-state index contributed by atoms with van der Waals surface area (Å²) in [6.45, 7) is 0. The molecule has 5 nitrogen and oxygen atoms in total. The molecule has 0 N–H and O–H groups in total. The lowest BCUT2D eigenvalue weighted by atomic mass is 10.0. The van der Waals surface area contributed by atoms with Crippen molar-refractivity contribution >= 4 is 5.69 Å². The predicted octanol–water partition coefficient (Wildman–Crippen LogP) is 6.20. The zero-order valence-electron chi connectivity index (χ0n) is 15.2. The van der Waals surface area contributed by atoms with Gasteiger partial charge in [-0.2, -0.15) is 0 Å². The number of hydrogen-bond donors (Lipinski definition) is 0. The number of hydrogen-bond acceptors (Lipinski definition) is 4. The van der Waals surface area contributed by atoms with Crippen LogP contribution in [0.4, 0.5) is 5.69 Å². The summed E-state index contributed by atoms with van der Waals surface area (Å²) in [5.74, 6) is 2.18. The van der Waals surface area contributed by atoms with Gasteiger partial charge >= 0.3 is 0 Å². The lowest BCUT2D eigenvalue weighted by Gasteiger charge is -2.04. The molecular formula is C23H17NO4. The van der Waals surface area contributed by atoms with Crippen LogP contribution in [0.5, 0.6) is 5.75 Å². The van der Waals surface area contributed by atoms with Gasteiger partial charge in [0.1, 0.15) is 17.3 Å². The molecule has 0 saturated carbocycles. The Balaban J connectivity index is 1.83. The molecule has 0 spiro atoms. The first-order valence-electron chi connectivity index (χ1n) is 8.74. The van der Waals surface area contributed by atoms with E-state index in [-0.39, 0.29) is 5.69 Å².